The summed E-state index contributed by atoms with van der Waals surface area (Å²) in [5.74, 6) is 0.534. The molecule has 1 saturated carbocycles. The molecule has 9 heteroatoms. The van der Waals surface area contributed by atoms with Crippen LogP contribution in [-0.2, 0) is 19.6 Å². The molecule has 0 spiro atoms. The van der Waals surface area contributed by atoms with Gasteiger partial charge in [0.2, 0.25) is 15.9 Å². The number of nitrogens with zero attached hydrogens (tertiary/aromatic N) is 2. The van der Waals surface area contributed by atoms with Crippen LogP contribution in [0.1, 0.15) is 29.9 Å². The zero-order valence-electron chi connectivity index (χ0n) is 16.1. The van der Waals surface area contributed by atoms with Crippen molar-refractivity contribution in [3.8, 4) is 0 Å². The number of carbonyl (C=O) groups is 1. The summed E-state index contributed by atoms with van der Waals surface area (Å²) >= 11 is 0. The number of aryl methyl sites for hydroxylation is 1. The number of aromatic nitrogens is 1. The van der Waals surface area contributed by atoms with E-state index in [2.05, 4.69) is 10.5 Å². The maximum Gasteiger partial charge on any atom is 0.243 e. The summed E-state index contributed by atoms with van der Waals surface area (Å²) in [7, 11) is -3.51. The molecular formula is C20H23N3O5S. The second-order valence-electron chi connectivity index (χ2n) is 7.19. The van der Waals surface area contributed by atoms with Gasteiger partial charge < -0.3 is 14.6 Å². The van der Waals surface area contributed by atoms with Gasteiger partial charge in [0.15, 0.2) is 5.76 Å². The molecule has 1 N–H and O–H groups in total. The quantitative estimate of drug-likeness (QED) is 0.775. The normalized spacial score (nSPS) is 18.2. The maximum absolute atomic E-state index is 12.7. The minimum absolute atomic E-state index is 0.0105. The largest absolute Gasteiger partial charge is 0.379 e. The highest BCUT2D eigenvalue weighted by atomic mass is 32.2. The van der Waals surface area contributed by atoms with Crippen LogP contribution in [0.4, 0.5) is 5.69 Å². The number of sulfonamides is 1. The van der Waals surface area contributed by atoms with Crippen LogP contribution < -0.4 is 5.32 Å². The lowest BCUT2D eigenvalue weighted by molar-refractivity contribution is -0.117. The molecule has 0 bridgehead atoms. The van der Waals surface area contributed by atoms with Crippen LogP contribution in [0.2, 0.25) is 0 Å². The Kier molecular flexibility index (Phi) is 5.53. The Bertz CT molecular complexity index is 1020. The van der Waals surface area contributed by atoms with Crippen LogP contribution in [-0.4, -0.2) is 50.1 Å². The number of rotatable bonds is 6. The van der Waals surface area contributed by atoms with E-state index in [1.807, 2.05) is 0 Å². The van der Waals surface area contributed by atoms with Crippen molar-refractivity contribution in [3.63, 3.8) is 0 Å². The van der Waals surface area contributed by atoms with Crippen molar-refractivity contribution in [2.75, 3.05) is 31.6 Å². The predicted octanol–water partition coefficient (Wildman–Crippen LogP) is 2.52. The lowest BCUT2D eigenvalue weighted by Gasteiger charge is -2.26. The topological polar surface area (TPSA) is 102 Å². The van der Waals surface area contributed by atoms with Crippen molar-refractivity contribution in [2.45, 2.75) is 24.7 Å². The molecule has 1 saturated heterocycles. The Morgan fingerprint density at radius 3 is 2.52 bits per heavy atom. The standard InChI is InChI=1S/C20H23N3O5S/c1-14-19(21-20(24)16-5-6-16)18(28-22-14)9-4-15-2-7-17(8-3-15)29(25,26)23-10-12-27-13-11-23/h2-4,7-9,16H,5-6,10-13H2,1H3,(H,21,24). The minimum Gasteiger partial charge on any atom is -0.379 e. The molecule has 4 rings (SSSR count). The van der Waals surface area contributed by atoms with Crippen molar-refractivity contribution in [2.24, 2.45) is 5.92 Å². The molecule has 1 aliphatic carbocycles. The van der Waals surface area contributed by atoms with Crippen LogP contribution in [0.3, 0.4) is 0 Å². The molecule has 1 aromatic carbocycles. The third-order valence-electron chi connectivity index (χ3n) is 5.00. The first kappa shape index (κ1) is 19.8. The van der Waals surface area contributed by atoms with E-state index in [0.717, 1.165) is 18.4 Å². The number of ether oxygens (including phenoxy) is 1. The van der Waals surface area contributed by atoms with Crippen molar-refractivity contribution < 1.29 is 22.5 Å². The summed E-state index contributed by atoms with van der Waals surface area (Å²) in [6, 6.07) is 6.64. The highest BCUT2D eigenvalue weighted by Crippen LogP contribution is 2.32. The number of hydrogen-bond donors (Lipinski definition) is 1. The van der Waals surface area contributed by atoms with Crippen molar-refractivity contribution in [1.29, 1.82) is 0 Å². The Labute approximate surface area is 169 Å². The van der Waals surface area contributed by atoms with Crippen LogP contribution in [0, 0.1) is 12.8 Å². The molecule has 2 heterocycles. The van der Waals surface area contributed by atoms with Crippen LogP contribution in [0.5, 0.6) is 0 Å². The van der Waals surface area contributed by atoms with Gasteiger partial charge >= 0.3 is 0 Å². The van der Waals surface area contributed by atoms with Gasteiger partial charge in [0, 0.05) is 19.0 Å². The number of morpholine rings is 1. The number of nitrogens with one attached hydrogen (secondary N) is 1. The van der Waals surface area contributed by atoms with E-state index in [1.165, 1.54) is 4.31 Å². The second-order valence-corrected chi connectivity index (χ2v) is 9.13. The average Bonchev–Trinajstić information content (AvgIpc) is 3.53. The fraction of sp³-hybridized carbons (Fsp3) is 0.400. The number of carbonyl (C=O) groups excluding carboxylic acids is 1. The third kappa shape index (κ3) is 4.42. The zero-order chi connectivity index (χ0) is 20.4. The average molecular weight is 417 g/mol. The molecule has 2 fully saturated rings. The highest BCUT2D eigenvalue weighted by Gasteiger charge is 2.31. The smallest absolute Gasteiger partial charge is 0.243 e. The van der Waals surface area contributed by atoms with Gasteiger partial charge in [-0.3, -0.25) is 4.79 Å². The Hall–Kier alpha value is -2.49. The molecular weight excluding hydrogens is 394 g/mol. The minimum atomic E-state index is -3.51. The van der Waals surface area contributed by atoms with Gasteiger partial charge in [-0.05, 0) is 43.5 Å². The van der Waals surface area contributed by atoms with Gasteiger partial charge in [0.05, 0.1) is 18.1 Å². The lowest BCUT2D eigenvalue weighted by atomic mass is 10.2. The molecule has 29 heavy (non-hydrogen) atoms. The highest BCUT2D eigenvalue weighted by molar-refractivity contribution is 7.89. The number of amides is 1. The first-order valence-electron chi connectivity index (χ1n) is 9.58. The molecule has 1 aromatic heterocycles. The SMILES string of the molecule is Cc1noc(C=Cc2ccc(S(=O)(=O)N3CCOCC3)cc2)c1NC(=O)C1CC1. The van der Waals surface area contributed by atoms with Gasteiger partial charge in [0.25, 0.3) is 0 Å². The molecule has 1 amide bonds. The monoisotopic (exact) mass is 417 g/mol. The Balaban J connectivity index is 1.48. The van der Waals surface area contributed by atoms with E-state index in [1.54, 1.807) is 43.3 Å². The maximum atomic E-state index is 12.7. The van der Waals surface area contributed by atoms with E-state index < -0.39 is 10.0 Å². The van der Waals surface area contributed by atoms with Crippen molar-refractivity contribution in [1.82, 2.24) is 9.46 Å². The Morgan fingerprint density at radius 1 is 1.17 bits per heavy atom. The van der Waals surface area contributed by atoms with Crippen LogP contribution in [0.15, 0.2) is 33.7 Å². The summed E-state index contributed by atoms with van der Waals surface area (Å²) in [6.45, 7) is 3.33. The van der Waals surface area contributed by atoms with E-state index in [9.17, 15) is 13.2 Å². The molecule has 2 aromatic rings. The lowest BCUT2D eigenvalue weighted by Crippen LogP contribution is -2.40. The van der Waals surface area contributed by atoms with Gasteiger partial charge in [-0.2, -0.15) is 4.31 Å². The van der Waals surface area contributed by atoms with E-state index in [0.29, 0.717) is 43.4 Å². The molecule has 8 nitrogen and oxygen atoms in total. The molecule has 2 aliphatic rings. The third-order valence-corrected chi connectivity index (χ3v) is 6.91. The fourth-order valence-electron chi connectivity index (χ4n) is 3.08. The summed E-state index contributed by atoms with van der Waals surface area (Å²) < 4.78 is 37.3. The van der Waals surface area contributed by atoms with Gasteiger partial charge in [-0.15, -0.1) is 0 Å². The van der Waals surface area contributed by atoms with Crippen molar-refractivity contribution in [3.05, 3.63) is 41.3 Å². The second kappa shape index (κ2) is 8.10. The van der Waals surface area contributed by atoms with Crippen LogP contribution >= 0.6 is 0 Å². The summed E-state index contributed by atoms with van der Waals surface area (Å²) in [6.07, 6.45) is 5.34. The molecule has 0 atom stereocenters. The van der Waals surface area contributed by atoms with E-state index >= 15 is 0 Å². The molecule has 0 unspecified atom stereocenters. The summed E-state index contributed by atoms with van der Waals surface area (Å²) in [5.41, 5.74) is 2.00. The first-order chi connectivity index (χ1) is 13.9. The van der Waals surface area contributed by atoms with Gasteiger partial charge in [0.1, 0.15) is 11.4 Å². The number of benzene rings is 1. The molecule has 0 radical (unpaired) electrons. The number of hydrogen-bond acceptors (Lipinski definition) is 6. The Morgan fingerprint density at radius 2 is 1.86 bits per heavy atom. The van der Waals surface area contributed by atoms with Gasteiger partial charge in [-0.1, -0.05) is 23.4 Å². The first-order valence-corrected chi connectivity index (χ1v) is 11.0. The predicted molar refractivity (Wildman–Crippen MR) is 108 cm³/mol. The summed E-state index contributed by atoms with van der Waals surface area (Å²) in [4.78, 5) is 12.3. The van der Waals surface area contributed by atoms with Crippen molar-refractivity contribution >= 4 is 33.8 Å². The zero-order valence-corrected chi connectivity index (χ0v) is 16.9. The van der Waals surface area contributed by atoms with E-state index in [4.69, 9.17) is 9.26 Å². The van der Waals surface area contributed by atoms with Crippen LogP contribution in [0.25, 0.3) is 12.2 Å². The van der Waals surface area contributed by atoms with E-state index in [-0.39, 0.29) is 16.7 Å². The molecule has 154 valence electrons. The molecule has 1 aliphatic heterocycles. The van der Waals surface area contributed by atoms with Gasteiger partial charge in [-0.25, -0.2) is 8.42 Å². The summed E-state index contributed by atoms with van der Waals surface area (Å²) in [5, 5.41) is 6.80. The fourth-order valence-corrected chi connectivity index (χ4v) is 4.49. The number of anilines is 1.